The van der Waals surface area contributed by atoms with E-state index in [0.29, 0.717) is 0 Å². The van der Waals surface area contributed by atoms with Gasteiger partial charge in [0.25, 0.3) is 0 Å². The molecule has 1 fully saturated rings. The van der Waals surface area contributed by atoms with Crippen LogP contribution in [-0.4, -0.2) is 18.8 Å². The molecule has 0 spiro atoms. The molecule has 1 saturated carbocycles. The first-order valence-corrected chi connectivity index (χ1v) is 7.23. The standard InChI is InChI=1S/C15H25NO2/c1-3-11-16-14(13-8-7-12-17-13)15(18-4-2)9-5-6-10-15/h7-8,12,14,16H,3-6,9-11H2,1-2H3. The average molecular weight is 251 g/mol. The van der Waals surface area contributed by atoms with Gasteiger partial charge in [-0.05, 0) is 44.9 Å². The van der Waals surface area contributed by atoms with Gasteiger partial charge in [-0.3, -0.25) is 0 Å². The maximum absolute atomic E-state index is 6.15. The molecule has 1 aliphatic carbocycles. The molecule has 18 heavy (non-hydrogen) atoms. The van der Waals surface area contributed by atoms with E-state index >= 15 is 0 Å². The van der Waals surface area contributed by atoms with E-state index in [1.165, 1.54) is 12.8 Å². The predicted molar refractivity (Wildman–Crippen MR) is 72.6 cm³/mol. The van der Waals surface area contributed by atoms with Crippen molar-refractivity contribution in [2.75, 3.05) is 13.2 Å². The van der Waals surface area contributed by atoms with Gasteiger partial charge in [-0.25, -0.2) is 0 Å². The highest BCUT2D eigenvalue weighted by molar-refractivity contribution is 5.12. The van der Waals surface area contributed by atoms with Crippen molar-refractivity contribution in [1.82, 2.24) is 5.32 Å². The van der Waals surface area contributed by atoms with Crippen LogP contribution in [0.15, 0.2) is 22.8 Å². The van der Waals surface area contributed by atoms with E-state index in [0.717, 1.165) is 38.2 Å². The first kappa shape index (κ1) is 13.6. The first-order chi connectivity index (χ1) is 8.82. The molecule has 0 aromatic carbocycles. The van der Waals surface area contributed by atoms with Crippen molar-refractivity contribution < 1.29 is 9.15 Å². The van der Waals surface area contributed by atoms with Crippen LogP contribution >= 0.6 is 0 Å². The van der Waals surface area contributed by atoms with E-state index in [-0.39, 0.29) is 11.6 Å². The highest BCUT2D eigenvalue weighted by atomic mass is 16.5. The second kappa shape index (κ2) is 6.39. The molecule has 0 bridgehead atoms. The lowest BCUT2D eigenvalue weighted by atomic mass is 9.90. The topological polar surface area (TPSA) is 34.4 Å². The summed E-state index contributed by atoms with van der Waals surface area (Å²) in [7, 11) is 0. The molecule has 102 valence electrons. The van der Waals surface area contributed by atoms with Crippen LogP contribution in [0.3, 0.4) is 0 Å². The molecule has 1 aliphatic rings. The highest BCUT2D eigenvalue weighted by Crippen LogP contribution is 2.43. The third-order valence-corrected chi connectivity index (χ3v) is 3.83. The molecule has 0 radical (unpaired) electrons. The minimum atomic E-state index is -0.0677. The molecule has 1 heterocycles. The van der Waals surface area contributed by atoms with Crippen LogP contribution in [-0.2, 0) is 4.74 Å². The van der Waals surface area contributed by atoms with Gasteiger partial charge in [-0.2, -0.15) is 0 Å². The minimum absolute atomic E-state index is 0.0677. The molecule has 0 saturated heterocycles. The van der Waals surface area contributed by atoms with Crippen LogP contribution in [0.25, 0.3) is 0 Å². The average Bonchev–Trinajstić information content (AvgIpc) is 3.02. The summed E-state index contributed by atoms with van der Waals surface area (Å²) in [5.41, 5.74) is -0.0677. The Labute approximate surface area is 110 Å². The van der Waals surface area contributed by atoms with Crippen LogP contribution < -0.4 is 5.32 Å². The van der Waals surface area contributed by atoms with Gasteiger partial charge in [0, 0.05) is 6.61 Å². The van der Waals surface area contributed by atoms with E-state index in [1.54, 1.807) is 6.26 Å². The number of rotatable bonds is 7. The Morgan fingerprint density at radius 1 is 1.39 bits per heavy atom. The van der Waals surface area contributed by atoms with Gasteiger partial charge in [0.05, 0.1) is 17.9 Å². The van der Waals surface area contributed by atoms with Gasteiger partial charge in [0.1, 0.15) is 5.76 Å². The Kier molecular flexibility index (Phi) is 4.84. The number of furan rings is 1. The molecule has 1 unspecified atom stereocenters. The molecule has 2 rings (SSSR count). The van der Waals surface area contributed by atoms with E-state index in [1.807, 2.05) is 6.07 Å². The smallest absolute Gasteiger partial charge is 0.123 e. The number of hydrogen-bond donors (Lipinski definition) is 1. The molecule has 1 N–H and O–H groups in total. The molecule has 0 amide bonds. The minimum Gasteiger partial charge on any atom is -0.468 e. The molecular formula is C15H25NO2. The third kappa shape index (κ3) is 2.78. The Morgan fingerprint density at radius 2 is 2.17 bits per heavy atom. The Morgan fingerprint density at radius 3 is 2.72 bits per heavy atom. The number of ether oxygens (including phenoxy) is 1. The maximum Gasteiger partial charge on any atom is 0.123 e. The van der Waals surface area contributed by atoms with Crippen LogP contribution in [0.4, 0.5) is 0 Å². The van der Waals surface area contributed by atoms with Crippen molar-refractivity contribution in [3.8, 4) is 0 Å². The molecule has 1 aromatic heterocycles. The molecule has 0 aliphatic heterocycles. The second-order valence-electron chi connectivity index (χ2n) is 5.11. The van der Waals surface area contributed by atoms with Crippen molar-refractivity contribution >= 4 is 0 Å². The summed E-state index contributed by atoms with van der Waals surface area (Å²) in [6, 6.07) is 4.21. The second-order valence-corrected chi connectivity index (χ2v) is 5.11. The largest absolute Gasteiger partial charge is 0.468 e. The zero-order chi connectivity index (χ0) is 12.8. The fraction of sp³-hybridized carbons (Fsp3) is 0.733. The van der Waals surface area contributed by atoms with Crippen molar-refractivity contribution in [1.29, 1.82) is 0 Å². The van der Waals surface area contributed by atoms with E-state index < -0.39 is 0 Å². The van der Waals surface area contributed by atoms with Crippen LogP contribution in [0.2, 0.25) is 0 Å². The molecule has 1 aromatic rings. The van der Waals surface area contributed by atoms with Crippen molar-refractivity contribution in [2.45, 2.75) is 57.6 Å². The summed E-state index contributed by atoms with van der Waals surface area (Å²) in [5, 5.41) is 3.62. The predicted octanol–water partition coefficient (Wildman–Crippen LogP) is 3.67. The summed E-state index contributed by atoms with van der Waals surface area (Å²) >= 11 is 0. The lowest BCUT2D eigenvalue weighted by Gasteiger charge is -2.36. The third-order valence-electron chi connectivity index (χ3n) is 3.83. The number of nitrogens with one attached hydrogen (secondary N) is 1. The Bertz CT molecular complexity index is 328. The Balaban J connectivity index is 2.20. The van der Waals surface area contributed by atoms with Crippen LogP contribution in [0, 0.1) is 0 Å². The normalized spacial score (nSPS) is 20.1. The van der Waals surface area contributed by atoms with Crippen molar-refractivity contribution in [2.24, 2.45) is 0 Å². The van der Waals surface area contributed by atoms with Gasteiger partial charge in [-0.15, -0.1) is 0 Å². The van der Waals surface area contributed by atoms with E-state index in [9.17, 15) is 0 Å². The number of hydrogen-bond acceptors (Lipinski definition) is 3. The highest BCUT2D eigenvalue weighted by Gasteiger charge is 2.44. The van der Waals surface area contributed by atoms with Crippen LogP contribution in [0.5, 0.6) is 0 Å². The van der Waals surface area contributed by atoms with Gasteiger partial charge in [0.2, 0.25) is 0 Å². The zero-order valence-electron chi connectivity index (χ0n) is 11.6. The maximum atomic E-state index is 6.15. The van der Waals surface area contributed by atoms with Crippen molar-refractivity contribution in [3.63, 3.8) is 0 Å². The fourth-order valence-electron chi connectivity index (χ4n) is 3.07. The van der Waals surface area contributed by atoms with Gasteiger partial charge < -0.3 is 14.5 Å². The SMILES string of the molecule is CCCNC(c1ccco1)C1(OCC)CCCC1. The molecule has 3 heteroatoms. The quantitative estimate of drug-likeness (QED) is 0.803. The molecule has 3 nitrogen and oxygen atoms in total. The summed E-state index contributed by atoms with van der Waals surface area (Å²) in [6.45, 7) is 6.04. The lowest BCUT2D eigenvalue weighted by Crippen LogP contribution is -2.44. The molecular weight excluding hydrogens is 226 g/mol. The monoisotopic (exact) mass is 251 g/mol. The van der Waals surface area contributed by atoms with Gasteiger partial charge >= 0.3 is 0 Å². The van der Waals surface area contributed by atoms with Crippen LogP contribution in [0.1, 0.15) is 57.8 Å². The van der Waals surface area contributed by atoms with E-state index in [2.05, 4.69) is 25.2 Å². The zero-order valence-corrected chi connectivity index (χ0v) is 11.6. The Hall–Kier alpha value is -0.800. The fourth-order valence-corrected chi connectivity index (χ4v) is 3.07. The lowest BCUT2D eigenvalue weighted by molar-refractivity contribution is -0.0670. The van der Waals surface area contributed by atoms with Gasteiger partial charge in [-0.1, -0.05) is 19.8 Å². The summed E-state index contributed by atoms with van der Waals surface area (Å²) in [6.07, 6.45) is 7.64. The first-order valence-electron chi connectivity index (χ1n) is 7.23. The molecule has 1 atom stereocenters. The van der Waals surface area contributed by atoms with Gasteiger partial charge in [0.15, 0.2) is 0 Å². The summed E-state index contributed by atoms with van der Waals surface area (Å²) < 4.78 is 11.8. The summed E-state index contributed by atoms with van der Waals surface area (Å²) in [5.74, 6) is 1.01. The summed E-state index contributed by atoms with van der Waals surface area (Å²) in [4.78, 5) is 0. The van der Waals surface area contributed by atoms with Crippen molar-refractivity contribution in [3.05, 3.63) is 24.2 Å². The van der Waals surface area contributed by atoms with E-state index in [4.69, 9.17) is 9.15 Å².